The van der Waals surface area contributed by atoms with E-state index in [1.165, 1.54) is 19.1 Å². The number of rotatable bonds is 11. The summed E-state index contributed by atoms with van der Waals surface area (Å²) in [5.74, 6) is -3.68. The molecule has 8 N–H and O–H groups in total. The number of aliphatic hydroxyl groups is 1. The summed E-state index contributed by atoms with van der Waals surface area (Å²) in [6.07, 6.45) is -1.19. The van der Waals surface area contributed by atoms with Crippen molar-refractivity contribution in [2.24, 2.45) is 5.73 Å². The SMILES string of the molecule is CC(O)C(NC(=O)C(N)Cc1ccc(O)cc1)C(=O)NC(CS)C(=O)NCC(=O)O. The number of aliphatic hydroxyl groups excluding tert-OH is 1. The molecule has 0 saturated heterocycles. The first-order valence-corrected chi connectivity index (χ1v) is 9.61. The highest BCUT2D eigenvalue weighted by molar-refractivity contribution is 7.80. The first-order valence-electron chi connectivity index (χ1n) is 8.97. The van der Waals surface area contributed by atoms with E-state index in [2.05, 4.69) is 28.6 Å². The van der Waals surface area contributed by atoms with E-state index in [0.717, 1.165) is 0 Å². The zero-order chi connectivity index (χ0) is 22.8. The second-order valence-electron chi connectivity index (χ2n) is 6.56. The summed E-state index contributed by atoms with van der Waals surface area (Å²) in [5, 5.41) is 34.5. The number of carbonyl (C=O) groups excluding carboxylic acids is 3. The summed E-state index contributed by atoms with van der Waals surface area (Å²) < 4.78 is 0. The zero-order valence-corrected chi connectivity index (χ0v) is 17.1. The fourth-order valence-corrected chi connectivity index (χ4v) is 2.64. The molecule has 1 rings (SSSR count). The highest BCUT2D eigenvalue weighted by Crippen LogP contribution is 2.11. The van der Waals surface area contributed by atoms with Gasteiger partial charge in [-0.3, -0.25) is 19.2 Å². The third-order valence-electron chi connectivity index (χ3n) is 4.02. The van der Waals surface area contributed by atoms with Crippen LogP contribution >= 0.6 is 12.6 Å². The summed E-state index contributed by atoms with van der Waals surface area (Å²) in [4.78, 5) is 47.3. The number of amides is 3. The average Bonchev–Trinajstić information content (AvgIpc) is 2.69. The third kappa shape index (κ3) is 8.27. The molecule has 4 unspecified atom stereocenters. The highest BCUT2D eigenvalue weighted by Gasteiger charge is 2.30. The normalized spacial score (nSPS) is 14.7. The second-order valence-corrected chi connectivity index (χ2v) is 6.92. The number of carboxylic acids is 1. The lowest BCUT2D eigenvalue weighted by Crippen LogP contribution is -2.59. The van der Waals surface area contributed by atoms with E-state index in [1.54, 1.807) is 12.1 Å². The van der Waals surface area contributed by atoms with Crippen LogP contribution in [-0.4, -0.2) is 75.5 Å². The van der Waals surface area contributed by atoms with Crippen molar-refractivity contribution in [2.45, 2.75) is 37.6 Å². The fraction of sp³-hybridized carbons (Fsp3) is 0.444. The van der Waals surface area contributed by atoms with Crippen LogP contribution in [0.5, 0.6) is 5.75 Å². The molecule has 1 aromatic carbocycles. The number of aromatic hydroxyl groups is 1. The van der Waals surface area contributed by atoms with Crippen LogP contribution in [0.1, 0.15) is 12.5 Å². The molecule has 4 atom stereocenters. The van der Waals surface area contributed by atoms with Gasteiger partial charge in [-0.1, -0.05) is 12.1 Å². The first-order chi connectivity index (χ1) is 14.0. The lowest BCUT2D eigenvalue weighted by Gasteiger charge is -2.25. The number of hydrogen-bond acceptors (Lipinski definition) is 8. The summed E-state index contributed by atoms with van der Waals surface area (Å²) in [7, 11) is 0. The van der Waals surface area contributed by atoms with Crippen molar-refractivity contribution in [3.8, 4) is 5.75 Å². The van der Waals surface area contributed by atoms with Crippen LogP contribution in [0.2, 0.25) is 0 Å². The predicted molar refractivity (Wildman–Crippen MR) is 110 cm³/mol. The van der Waals surface area contributed by atoms with E-state index in [4.69, 9.17) is 10.8 Å². The van der Waals surface area contributed by atoms with Gasteiger partial charge in [-0.05, 0) is 31.0 Å². The number of carbonyl (C=O) groups is 4. The Bertz CT molecular complexity index is 757. The van der Waals surface area contributed by atoms with Crippen LogP contribution in [0.25, 0.3) is 0 Å². The van der Waals surface area contributed by atoms with E-state index >= 15 is 0 Å². The number of hydrogen-bond donors (Lipinski definition) is 8. The molecule has 0 aliphatic heterocycles. The van der Waals surface area contributed by atoms with Crippen LogP contribution in [0.15, 0.2) is 24.3 Å². The first kappa shape index (κ1) is 25.2. The summed E-state index contributed by atoms with van der Waals surface area (Å²) in [5.41, 5.74) is 6.54. The van der Waals surface area contributed by atoms with Gasteiger partial charge >= 0.3 is 5.97 Å². The van der Waals surface area contributed by atoms with Gasteiger partial charge in [0.25, 0.3) is 0 Å². The van der Waals surface area contributed by atoms with E-state index in [0.29, 0.717) is 5.56 Å². The Hall–Kier alpha value is -2.83. The highest BCUT2D eigenvalue weighted by atomic mass is 32.1. The van der Waals surface area contributed by atoms with Crippen molar-refractivity contribution in [1.29, 1.82) is 0 Å². The monoisotopic (exact) mass is 442 g/mol. The lowest BCUT2D eigenvalue weighted by atomic mass is 10.0. The van der Waals surface area contributed by atoms with Gasteiger partial charge in [0.05, 0.1) is 12.1 Å². The van der Waals surface area contributed by atoms with E-state index < -0.39 is 54.5 Å². The van der Waals surface area contributed by atoms with Crippen molar-refractivity contribution in [1.82, 2.24) is 16.0 Å². The maximum Gasteiger partial charge on any atom is 0.322 e. The summed E-state index contributed by atoms with van der Waals surface area (Å²) >= 11 is 3.95. The van der Waals surface area contributed by atoms with Crippen LogP contribution in [0.4, 0.5) is 0 Å². The molecule has 30 heavy (non-hydrogen) atoms. The predicted octanol–water partition coefficient (Wildman–Crippen LogP) is -2.26. The van der Waals surface area contributed by atoms with E-state index in [1.807, 2.05) is 0 Å². The fourth-order valence-electron chi connectivity index (χ4n) is 2.39. The molecule has 0 radical (unpaired) electrons. The Morgan fingerprint density at radius 3 is 2.17 bits per heavy atom. The molecule has 11 nitrogen and oxygen atoms in total. The lowest BCUT2D eigenvalue weighted by molar-refractivity contribution is -0.138. The molecule has 0 heterocycles. The molecule has 1 aromatic rings. The number of nitrogens with two attached hydrogens (primary N) is 1. The van der Waals surface area contributed by atoms with Gasteiger partial charge in [0.2, 0.25) is 17.7 Å². The number of thiol groups is 1. The Labute approximate surface area is 178 Å². The van der Waals surface area contributed by atoms with E-state index in [-0.39, 0.29) is 17.9 Å². The second kappa shape index (κ2) is 12.0. The van der Waals surface area contributed by atoms with Crippen LogP contribution in [0.3, 0.4) is 0 Å². The molecule has 0 bridgehead atoms. The molecule has 0 spiro atoms. The largest absolute Gasteiger partial charge is 0.508 e. The van der Waals surface area contributed by atoms with Crippen molar-refractivity contribution in [2.75, 3.05) is 12.3 Å². The van der Waals surface area contributed by atoms with E-state index in [9.17, 15) is 29.4 Å². The standard InChI is InChI=1S/C18H26N4O7S/c1-9(23)15(18(29)21-13(8-30)17(28)20-7-14(25)26)22-16(27)12(19)6-10-2-4-11(24)5-3-10/h2-5,9,12-13,15,23-24,30H,6-8,19H2,1H3,(H,20,28)(H,21,29)(H,22,27)(H,25,26). The minimum Gasteiger partial charge on any atom is -0.508 e. The molecule has 0 aliphatic carbocycles. The third-order valence-corrected chi connectivity index (χ3v) is 4.39. The number of phenolic OH excluding ortho intramolecular Hbond substituents is 1. The number of carboxylic acid groups (broad SMARTS) is 1. The summed E-state index contributed by atoms with van der Waals surface area (Å²) in [6.45, 7) is 0.637. The molecule has 3 amide bonds. The number of phenols is 1. The molecule has 0 aliphatic rings. The molecule has 0 fully saturated rings. The van der Waals surface area contributed by atoms with Gasteiger partial charge < -0.3 is 37.0 Å². The Morgan fingerprint density at radius 1 is 1.07 bits per heavy atom. The van der Waals surface area contributed by atoms with Crippen molar-refractivity contribution in [3.05, 3.63) is 29.8 Å². The maximum atomic E-state index is 12.5. The Kier molecular flexibility index (Phi) is 10.1. The molecule has 0 saturated carbocycles. The molecule has 12 heteroatoms. The molecule has 0 aromatic heterocycles. The van der Waals surface area contributed by atoms with Gasteiger partial charge in [0, 0.05) is 5.75 Å². The average molecular weight is 442 g/mol. The maximum absolute atomic E-state index is 12.5. The molecule has 166 valence electrons. The molecular formula is C18H26N4O7S. The van der Waals surface area contributed by atoms with Gasteiger partial charge in [0.15, 0.2) is 0 Å². The molecular weight excluding hydrogens is 416 g/mol. The minimum absolute atomic E-state index is 0.0637. The quantitative estimate of drug-likeness (QED) is 0.176. The topological polar surface area (TPSA) is 191 Å². The Morgan fingerprint density at radius 2 is 1.67 bits per heavy atom. The smallest absolute Gasteiger partial charge is 0.322 e. The Balaban J connectivity index is 2.73. The van der Waals surface area contributed by atoms with Gasteiger partial charge in [-0.2, -0.15) is 12.6 Å². The number of aliphatic carboxylic acids is 1. The van der Waals surface area contributed by atoms with Crippen molar-refractivity contribution < 1.29 is 34.5 Å². The zero-order valence-electron chi connectivity index (χ0n) is 16.2. The van der Waals surface area contributed by atoms with Gasteiger partial charge in [-0.15, -0.1) is 0 Å². The van der Waals surface area contributed by atoms with Crippen molar-refractivity contribution in [3.63, 3.8) is 0 Å². The van der Waals surface area contributed by atoms with Gasteiger partial charge in [0.1, 0.15) is 24.4 Å². The minimum atomic E-state index is -1.40. The van der Waals surface area contributed by atoms with Crippen LogP contribution < -0.4 is 21.7 Å². The van der Waals surface area contributed by atoms with Crippen LogP contribution in [0, 0.1) is 0 Å². The van der Waals surface area contributed by atoms with Crippen molar-refractivity contribution >= 4 is 36.3 Å². The van der Waals surface area contributed by atoms with Crippen LogP contribution in [-0.2, 0) is 25.6 Å². The van der Waals surface area contributed by atoms with Gasteiger partial charge in [-0.25, -0.2) is 0 Å². The number of nitrogens with one attached hydrogen (secondary N) is 3. The summed E-state index contributed by atoms with van der Waals surface area (Å²) in [6, 6.07) is 2.45. The number of benzene rings is 1.